The molecule has 2 N–H and O–H groups in total. The van der Waals surface area contributed by atoms with Crippen LogP contribution in [0.2, 0.25) is 0 Å². The lowest BCUT2D eigenvalue weighted by Crippen LogP contribution is -2.48. The van der Waals surface area contributed by atoms with Gasteiger partial charge in [-0.15, -0.1) is 0 Å². The van der Waals surface area contributed by atoms with Crippen LogP contribution in [0.4, 0.5) is 5.69 Å². The van der Waals surface area contributed by atoms with Crippen LogP contribution in [0.3, 0.4) is 0 Å². The lowest BCUT2D eigenvalue weighted by molar-refractivity contribution is -0.132. The number of carbonyl (C=O) groups is 3. The molecule has 1 atom stereocenters. The van der Waals surface area contributed by atoms with E-state index in [1.165, 1.54) is 13.0 Å². The highest BCUT2D eigenvalue weighted by Gasteiger charge is 2.41. The fourth-order valence-corrected chi connectivity index (χ4v) is 4.24. The topological polar surface area (TPSA) is 102 Å². The summed E-state index contributed by atoms with van der Waals surface area (Å²) in [6.45, 7) is 12.3. The van der Waals surface area contributed by atoms with Crippen LogP contribution in [-0.2, 0) is 16.0 Å². The first kappa shape index (κ1) is 23.3. The van der Waals surface area contributed by atoms with Crippen molar-refractivity contribution in [1.29, 1.82) is 0 Å². The molecule has 1 amide bonds. The van der Waals surface area contributed by atoms with E-state index in [1.807, 2.05) is 33.8 Å². The van der Waals surface area contributed by atoms with Crippen LogP contribution in [0, 0.1) is 34.6 Å². The summed E-state index contributed by atoms with van der Waals surface area (Å²) in [4.78, 5) is 36.6. The standard InChI is InChI=1S/C25H29NO6/c1-12-10-13(2)20(19(11-12)23(28)29)26-24(30)25(7)9-8-18-16(5)21(31-17(6)27)14(3)15(4)22(18)32-25/h10-11H,8-9H2,1-7H3,(H,26,30)(H,28,29). The molecular weight excluding hydrogens is 410 g/mol. The SMILES string of the molecule is CC(=O)Oc1c(C)c(C)c2c(c1C)CCC(C)(C(=O)Nc1c(C)cc(C)cc1C(=O)O)O2. The number of anilines is 1. The van der Waals surface area contributed by atoms with E-state index in [0.29, 0.717) is 29.9 Å². The average molecular weight is 440 g/mol. The number of nitrogens with one attached hydrogen (secondary N) is 1. The number of esters is 1. The van der Waals surface area contributed by atoms with E-state index in [2.05, 4.69) is 5.32 Å². The molecule has 0 radical (unpaired) electrons. The molecule has 0 saturated carbocycles. The summed E-state index contributed by atoms with van der Waals surface area (Å²) in [6, 6.07) is 3.37. The van der Waals surface area contributed by atoms with Gasteiger partial charge in [-0.25, -0.2) is 4.79 Å². The Kier molecular flexibility index (Phi) is 6.05. The first-order valence-corrected chi connectivity index (χ1v) is 10.5. The molecule has 2 aromatic carbocycles. The monoisotopic (exact) mass is 439 g/mol. The third-order valence-electron chi connectivity index (χ3n) is 6.17. The number of hydrogen-bond acceptors (Lipinski definition) is 5. The summed E-state index contributed by atoms with van der Waals surface area (Å²) in [5.74, 6) is -0.756. The van der Waals surface area contributed by atoms with Gasteiger partial charge in [-0.05, 0) is 81.8 Å². The number of aromatic carboxylic acids is 1. The molecule has 3 rings (SSSR count). The third-order valence-corrected chi connectivity index (χ3v) is 6.17. The molecule has 7 nitrogen and oxygen atoms in total. The summed E-state index contributed by atoms with van der Waals surface area (Å²) in [7, 11) is 0. The Labute approximate surface area is 187 Å². The smallest absolute Gasteiger partial charge is 0.337 e. The van der Waals surface area contributed by atoms with Crippen molar-refractivity contribution in [1.82, 2.24) is 0 Å². The zero-order valence-corrected chi connectivity index (χ0v) is 19.6. The molecule has 170 valence electrons. The molecular formula is C25H29NO6. The number of rotatable bonds is 4. The Morgan fingerprint density at radius 1 is 1.06 bits per heavy atom. The van der Waals surface area contributed by atoms with Crippen LogP contribution in [0.15, 0.2) is 12.1 Å². The van der Waals surface area contributed by atoms with Gasteiger partial charge in [0.25, 0.3) is 5.91 Å². The fourth-order valence-electron chi connectivity index (χ4n) is 4.24. The fraction of sp³-hybridized carbons (Fsp3) is 0.400. The van der Waals surface area contributed by atoms with Crippen LogP contribution in [0.1, 0.15) is 64.0 Å². The number of hydrogen-bond donors (Lipinski definition) is 2. The number of fused-ring (bicyclic) bond motifs is 1. The third kappa shape index (κ3) is 4.07. The van der Waals surface area contributed by atoms with Gasteiger partial charge < -0.3 is 19.9 Å². The van der Waals surface area contributed by atoms with E-state index in [-0.39, 0.29) is 17.2 Å². The van der Waals surface area contributed by atoms with E-state index >= 15 is 0 Å². The summed E-state index contributed by atoms with van der Waals surface area (Å²) in [5, 5.41) is 12.4. The number of aryl methyl sites for hydroxylation is 2. The number of carboxylic acids is 1. The Morgan fingerprint density at radius 2 is 1.72 bits per heavy atom. The number of ether oxygens (including phenoxy) is 2. The van der Waals surface area contributed by atoms with Gasteiger partial charge in [0.05, 0.1) is 11.3 Å². The Morgan fingerprint density at radius 3 is 2.31 bits per heavy atom. The predicted molar refractivity (Wildman–Crippen MR) is 121 cm³/mol. The van der Waals surface area contributed by atoms with Gasteiger partial charge in [0.2, 0.25) is 0 Å². The second kappa shape index (κ2) is 8.30. The molecule has 0 saturated heterocycles. The minimum atomic E-state index is -1.19. The second-order valence-electron chi connectivity index (χ2n) is 8.70. The molecule has 0 spiro atoms. The molecule has 1 heterocycles. The molecule has 1 aliphatic rings. The molecule has 7 heteroatoms. The zero-order chi connectivity index (χ0) is 24.0. The van der Waals surface area contributed by atoms with Gasteiger partial charge in [0, 0.05) is 18.9 Å². The van der Waals surface area contributed by atoms with Crippen LogP contribution < -0.4 is 14.8 Å². The Bertz CT molecular complexity index is 1150. The van der Waals surface area contributed by atoms with Gasteiger partial charge >= 0.3 is 11.9 Å². The van der Waals surface area contributed by atoms with Gasteiger partial charge in [0.1, 0.15) is 11.5 Å². The van der Waals surface area contributed by atoms with Gasteiger partial charge in [-0.1, -0.05) is 6.07 Å². The molecule has 2 aromatic rings. The van der Waals surface area contributed by atoms with Crippen LogP contribution in [0.5, 0.6) is 11.5 Å². The maximum atomic E-state index is 13.3. The van der Waals surface area contributed by atoms with E-state index in [0.717, 1.165) is 27.8 Å². The van der Waals surface area contributed by atoms with Crippen molar-refractivity contribution in [2.75, 3.05) is 5.32 Å². The molecule has 0 aromatic heterocycles. The maximum absolute atomic E-state index is 13.3. The first-order valence-electron chi connectivity index (χ1n) is 10.5. The molecule has 0 bridgehead atoms. The van der Waals surface area contributed by atoms with Crippen molar-refractivity contribution >= 4 is 23.5 Å². The normalized spacial score (nSPS) is 17.2. The largest absolute Gasteiger partial charge is 0.478 e. The summed E-state index contributed by atoms with van der Waals surface area (Å²) >= 11 is 0. The summed E-state index contributed by atoms with van der Waals surface area (Å²) in [6.07, 6.45) is 0.946. The quantitative estimate of drug-likeness (QED) is 0.534. The van der Waals surface area contributed by atoms with Crippen LogP contribution >= 0.6 is 0 Å². The highest BCUT2D eigenvalue weighted by Crippen LogP contribution is 2.44. The van der Waals surface area contributed by atoms with Crippen molar-refractivity contribution < 1.29 is 29.0 Å². The van der Waals surface area contributed by atoms with Gasteiger partial charge in [-0.3, -0.25) is 9.59 Å². The van der Waals surface area contributed by atoms with Crippen LogP contribution in [0.25, 0.3) is 0 Å². The zero-order valence-electron chi connectivity index (χ0n) is 19.6. The Balaban J connectivity index is 1.98. The first-order chi connectivity index (χ1) is 14.9. The molecule has 1 unspecified atom stereocenters. The number of carboxylic acid groups (broad SMARTS) is 1. The van der Waals surface area contributed by atoms with Crippen molar-refractivity contribution in [2.45, 2.75) is 66.9 Å². The minimum absolute atomic E-state index is 0.0459. The van der Waals surface area contributed by atoms with E-state index in [1.54, 1.807) is 13.8 Å². The second-order valence-corrected chi connectivity index (χ2v) is 8.70. The van der Waals surface area contributed by atoms with E-state index in [4.69, 9.17) is 9.47 Å². The summed E-state index contributed by atoms with van der Waals surface area (Å²) in [5.41, 5.74) is 3.92. The average Bonchev–Trinajstić information content (AvgIpc) is 2.70. The lowest BCUT2D eigenvalue weighted by atomic mass is 9.86. The van der Waals surface area contributed by atoms with Crippen molar-refractivity contribution in [3.05, 3.63) is 51.1 Å². The molecule has 0 aliphatic carbocycles. The molecule has 32 heavy (non-hydrogen) atoms. The molecule has 0 fully saturated rings. The minimum Gasteiger partial charge on any atom is -0.478 e. The predicted octanol–water partition coefficient (Wildman–Crippen LogP) is 4.57. The van der Waals surface area contributed by atoms with E-state index < -0.39 is 17.5 Å². The van der Waals surface area contributed by atoms with Gasteiger partial charge in [0.15, 0.2) is 5.60 Å². The maximum Gasteiger partial charge on any atom is 0.337 e. The Hall–Kier alpha value is -3.35. The van der Waals surface area contributed by atoms with Crippen molar-refractivity contribution in [2.24, 2.45) is 0 Å². The lowest BCUT2D eigenvalue weighted by Gasteiger charge is -2.37. The highest BCUT2D eigenvalue weighted by atomic mass is 16.5. The summed E-state index contributed by atoms with van der Waals surface area (Å²) < 4.78 is 11.7. The van der Waals surface area contributed by atoms with Crippen molar-refractivity contribution in [3.63, 3.8) is 0 Å². The van der Waals surface area contributed by atoms with Crippen molar-refractivity contribution in [3.8, 4) is 11.5 Å². The molecule has 1 aliphatic heterocycles. The number of carbonyl (C=O) groups excluding carboxylic acids is 2. The van der Waals surface area contributed by atoms with Crippen LogP contribution in [-0.4, -0.2) is 28.6 Å². The number of benzene rings is 2. The van der Waals surface area contributed by atoms with Gasteiger partial charge in [-0.2, -0.15) is 0 Å². The number of amides is 1. The van der Waals surface area contributed by atoms with E-state index in [9.17, 15) is 19.5 Å². The highest BCUT2D eigenvalue weighted by molar-refractivity contribution is 6.04.